The van der Waals surface area contributed by atoms with Crippen LogP contribution in [0.1, 0.15) is 41.2 Å². The fraction of sp³-hybridized carbons (Fsp3) is 0.391. The lowest BCUT2D eigenvalue weighted by atomic mass is 9.77. The average molecular weight is 465 g/mol. The van der Waals surface area contributed by atoms with Crippen molar-refractivity contribution in [3.8, 4) is 0 Å². The number of carbonyl (C=O) groups excluding carboxylic acids is 2. The Balaban J connectivity index is 1.33. The number of fused-ring (bicyclic) bond motifs is 1. The highest BCUT2D eigenvalue weighted by atomic mass is 19.2. The topological polar surface area (TPSA) is 43.9 Å². The van der Waals surface area contributed by atoms with E-state index in [1.54, 1.807) is 5.01 Å². The van der Waals surface area contributed by atoms with Crippen molar-refractivity contribution in [3.05, 3.63) is 70.5 Å². The van der Waals surface area contributed by atoms with E-state index in [0.29, 0.717) is 37.2 Å². The molecule has 0 unspecified atom stereocenters. The second-order valence-corrected chi connectivity index (χ2v) is 8.87. The summed E-state index contributed by atoms with van der Waals surface area (Å²) in [5.74, 6) is -6.33. The van der Waals surface area contributed by atoms with Crippen LogP contribution in [0, 0.1) is 34.5 Å². The smallest absolute Gasteiger partial charge is 0.257 e. The normalized spacial score (nSPS) is 22.3. The highest BCUT2D eigenvalue weighted by Gasteiger charge is 2.56. The number of amides is 2. The summed E-state index contributed by atoms with van der Waals surface area (Å²) < 4.78 is 68.6. The van der Waals surface area contributed by atoms with E-state index in [1.807, 2.05) is 5.01 Å². The number of hydrazine groups is 1. The first-order valence-electron chi connectivity index (χ1n) is 10.7. The van der Waals surface area contributed by atoms with Crippen LogP contribution in [0.25, 0.3) is 0 Å². The minimum atomic E-state index is -1.44. The van der Waals surface area contributed by atoms with E-state index in [2.05, 4.69) is 0 Å². The highest BCUT2D eigenvalue weighted by molar-refractivity contribution is 5.95. The fourth-order valence-electron chi connectivity index (χ4n) is 5.25. The molecule has 3 aliphatic rings. The number of likely N-dealkylation sites (tertiary alicyclic amines) is 1. The minimum absolute atomic E-state index is 0.114. The molecule has 33 heavy (non-hydrogen) atoms. The number of hydrogen-bond acceptors (Lipinski definition) is 3. The summed E-state index contributed by atoms with van der Waals surface area (Å²) in [5, 5.41) is 3.43. The molecule has 174 valence electrons. The standard InChI is InChI=1S/C23H20F5N3O2/c24-14-7-13(8-15(25)9-14)19-1-4-30-12-23(22(33)31(19)30)2-5-29(6-3-23)21(32)17-10-16(26)11-18(27)20(17)28/h7-11,19H,1-6,12H2/t19-/m0/s1. The van der Waals surface area contributed by atoms with Crippen molar-refractivity contribution in [2.75, 3.05) is 26.2 Å². The van der Waals surface area contributed by atoms with E-state index in [9.17, 15) is 31.5 Å². The molecule has 3 heterocycles. The third-order valence-electron chi connectivity index (χ3n) is 6.91. The zero-order valence-electron chi connectivity index (χ0n) is 17.5. The Bertz CT molecular complexity index is 1130. The van der Waals surface area contributed by atoms with Crippen LogP contribution in [0.2, 0.25) is 0 Å². The first-order valence-corrected chi connectivity index (χ1v) is 10.7. The van der Waals surface area contributed by atoms with Gasteiger partial charge in [0.25, 0.3) is 5.91 Å². The van der Waals surface area contributed by atoms with Gasteiger partial charge in [0.15, 0.2) is 11.6 Å². The van der Waals surface area contributed by atoms with Gasteiger partial charge in [-0.25, -0.2) is 27.0 Å². The van der Waals surface area contributed by atoms with Gasteiger partial charge in [0.05, 0.1) is 17.0 Å². The summed E-state index contributed by atoms with van der Waals surface area (Å²) in [5.41, 5.74) is -1.08. The van der Waals surface area contributed by atoms with Gasteiger partial charge in [-0.15, -0.1) is 0 Å². The van der Waals surface area contributed by atoms with Crippen molar-refractivity contribution in [1.82, 2.24) is 14.9 Å². The van der Waals surface area contributed by atoms with Crippen LogP contribution in [0.3, 0.4) is 0 Å². The van der Waals surface area contributed by atoms with E-state index in [0.717, 1.165) is 6.07 Å². The molecule has 0 N–H and O–H groups in total. The van der Waals surface area contributed by atoms with Gasteiger partial charge in [0, 0.05) is 38.3 Å². The summed E-state index contributed by atoms with van der Waals surface area (Å²) in [6.07, 6.45) is 1.11. The van der Waals surface area contributed by atoms with Crippen LogP contribution >= 0.6 is 0 Å². The first-order chi connectivity index (χ1) is 15.7. The molecule has 0 saturated carbocycles. The minimum Gasteiger partial charge on any atom is -0.338 e. The number of benzene rings is 2. The fourth-order valence-corrected chi connectivity index (χ4v) is 5.25. The molecule has 1 spiro atoms. The zero-order chi connectivity index (χ0) is 23.5. The van der Waals surface area contributed by atoms with E-state index in [1.165, 1.54) is 17.0 Å². The Morgan fingerprint density at radius 1 is 0.879 bits per heavy atom. The van der Waals surface area contributed by atoms with Crippen LogP contribution in [-0.2, 0) is 4.79 Å². The van der Waals surface area contributed by atoms with Crippen LogP contribution in [0.5, 0.6) is 0 Å². The van der Waals surface area contributed by atoms with Crippen molar-refractivity contribution in [2.45, 2.75) is 25.3 Å². The predicted molar refractivity (Wildman–Crippen MR) is 106 cm³/mol. The number of carbonyl (C=O) groups is 2. The predicted octanol–water partition coefficient (Wildman–Crippen LogP) is 3.81. The molecule has 10 heteroatoms. The van der Waals surface area contributed by atoms with Crippen molar-refractivity contribution in [3.63, 3.8) is 0 Å². The first kappa shape index (κ1) is 21.8. The van der Waals surface area contributed by atoms with E-state index < -0.39 is 52.0 Å². The third kappa shape index (κ3) is 3.56. The summed E-state index contributed by atoms with van der Waals surface area (Å²) in [4.78, 5) is 27.4. The summed E-state index contributed by atoms with van der Waals surface area (Å²) in [6.45, 7) is 1.18. The summed E-state index contributed by atoms with van der Waals surface area (Å²) >= 11 is 0. The van der Waals surface area contributed by atoms with Gasteiger partial charge >= 0.3 is 0 Å². The molecular weight excluding hydrogens is 445 g/mol. The largest absolute Gasteiger partial charge is 0.338 e. The molecule has 3 saturated heterocycles. The SMILES string of the molecule is O=C(c1cc(F)cc(F)c1F)N1CCC2(CC1)CN1CC[C@@H](c3cc(F)cc(F)c3)N1C2=O. The van der Waals surface area contributed by atoms with Crippen molar-refractivity contribution in [2.24, 2.45) is 5.41 Å². The second kappa shape index (κ2) is 7.79. The molecule has 3 aliphatic heterocycles. The van der Waals surface area contributed by atoms with Crippen LogP contribution in [0.15, 0.2) is 30.3 Å². The Kier molecular flexibility index (Phi) is 5.15. The number of rotatable bonds is 2. The van der Waals surface area contributed by atoms with Gasteiger partial charge in [-0.1, -0.05) is 0 Å². The Hall–Kier alpha value is -3.01. The molecule has 1 atom stereocenters. The van der Waals surface area contributed by atoms with Gasteiger partial charge in [-0.3, -0.25) is 14.6 Å². The molecule has 5 rings (SSSR count). The highest BCUT2D eigenvalue weighted by Crippen LogP contribution is 2.47. The summed E-state index contributed by atoms with van der Waals surface area (Å²) in [7, 11) is 0. The molecule has 0 bridgehead atoms. The lowest BCUT2D eigenvalue weighted by molar-refractivity contribution is -0.144. The van der Waals surface area contributed by atoms with Gasteiger partial charge in [0.2, 0.25) is 5.91 Å². The van der Waals surface area contributed by atoms with Crippen LogP contribution in [-0.4, -0.2) is 52.9 Å². The van der Waals surface area contributed by atoms with Gasteiger partial charge < -0.3 is 4.90 Å². The molecule has 2 aromatic rings. The number of nitrogens with zero attached hydrogens (tertiary/aromatic N) is 3. The quantitative estimate of drug-likeness (QED) is 0.501. The van der Waals surface area contributed by atoms with E-state index in [4.69, 9.17) is 0 Å². The lowest BCUT2D eigenvalue weighted by Gasteiger charge is -2.38. The second-order valence-electron chi connectivity index (χ2n) is 8.87. The Morgan fingerprint density at radius 2 is 1.52 bits per heavy atom. The molecule has 2 aromatic carbocycles. The number of halogens is 5. The monoisotopic (exact) mass is 465 g/mol. The average Bonchev–Trinajstić information content (AvgIpc) is 3.28. The lowest BCUT2D eigenvalue weighted by Crippen LogP contribution is -2.48. The maximum Gasteiger partial charge on any atom is 0.257 e. The van der Waals surface area contributed by atoms with Crippen LogP contribution in [0.4, 0.5) is 22.0 Å². The van der Waals surface area contributed by atoms with Crippen LogP contribution < -0.4 is 0 Å². The van der Waals surface area contributed by atoms with Crippen molar-refractivity contribution in [1.29, 1.82) is 0 Å². The van der Waals surface area contributed by atoms with E-state index in [-0.39, 0.29) is 31.8 Å². The number of piperidine rings is 1. The Labute approximate surface area is 186 Å². The number of hydrogen-bond donors (Lipinski definition) is 0. The molecule has 0 aliphatic carbocycles. The molecule has 0 radical (unpaired) electrons. The van der Waals surface area contributed by atoms with Gasteiger partial charge in [0.1, 0.15) is 17.5 Å². The van der Waals surface area contributed by atoms with E-state index >= 15 is 0 Å². The summed E-state index contributed by atoms with van der Waals surface area (Å²) in [6, 6.07) is 3.79. The zero-order valence-corrected chi connectivity index (χ0v) is 17.5. The molecular formula is C23H20F5N3O2. The van der Waals surface area contributed by atoms with Crippen molar-refractivity contribution < 1.29 is 31.5 Å². The molecule has 3 fully saturated rings. The molecule has 5 nitrogen and oxygen atoms in total. The molecule has 0 aromatic heterocycles. The maximum atomic E-state index is 14.1. The van der Waals surface area contributed by atoms with Gasteiger partial charge in [-0.2, -0.15) is 0 Å². The maximum absolute atomic E-state index is 14.1. The third-order valence-corrected chi connectivity index (χ3v) is 6.91. The van der Waals surface area contributed by atoms with Crippen molar-refractivity contribution >= 4 is 11.8 Å². The molecule has 2 amide bonds. The van der Waals surface area contributed by atoms with Gasteiger partial charge in [-0.05, 0) is 43.0 Å². The Morgan fingerprint density at radius 3 is 2.18 bits per heavy atom.